The van der Waals surface area contributed by atoms with E-state index in [0.717, 1.165) is 6.07 Å². The van der Waals surface area contributed by atoms with Crippen LogP contribution in [-0.2, 0) is 16.6 Å². The molecule has 3 rings (SSSR count). The third-order valence-corrected chi connectivity index (χ3v) is 5.48. The Morgan fingerprint density at radius 1 is 1.00 bits per heavy atom. The number of aromatic nitrogens is 1. The Morgan fingerprint density at radius 3 is 2.42 bits per heavy atom. The Bertz CT molecular complexity index is 1010. The van der Waals surface area contributed by atoms with E-state index in [-0.39, 0.29) is 17.1 Å². The number of hydrogen-bond donors (Lipinski definition) is 0. The van der Waals surface area contributed by atoms with E-state index in [9.17, 15) is 18.5 Å². The Balaban J connectivity index is 2.08. The maximum absolute atomic E-state index is 13.2. The Hall–Kier alpha value is -3.26. The molecule has 132 valence electrons. The van der Waals surface area contributed by atoms with Gasteiger partial charge in [0, 0.05) is 24.5 Å². The topological polar surface area (TPSA) is 93.4 Å². The molecule has 0 aliphatic heterocycles. The molecule has 0 amide bonds. The fourth-order valence-electron chi connectivity index (χ4n) is 2.45. The van der Waals surface area contributed by atoms with E-state index in [1.165, 1.54) is 22.5 Å². The molecular weight excluding hydrogens is 354 g/mol. The van der Waals surface area contributed by atoms with Gasteiger partial charge in [-0.05, 0) is 29.8 Å². The van der Waals surface area contributed by atoms with E-state index in [1.807, 2.05) is 0 Å². The molecule has 0 spiro atoms. The standard InChI is InChI=1S/C18H15N3O4S/c22-21(23)17-9-4-10-18(12-17)26(24,25)20(16-7-2-1-3-8-16)14-15-6-5-11-19-13-15/h1-13H,14H2. The van der Waals surface area contributed by atoms with Crippen molar-refractivity contribution in [2.24, 2.45) is 0 Å². The summed E-state index contributed by atoms with van der Waals surface area (Å²) in [6.07, 6.45) is 3.18. The SMILES string of the molecule is O=[N+]([O-])c1cccc(S(=O)(=O)N(Cc2cccnc2)c2ccccc2)c1. The number of sulfonamides is 1. The van der Waals surface area contributed by atoms with Crippen molar-refractivity contribution in [2.45, 2.75) is 11.4 Å². The highest BCUT2D eigenvalue weighted by atomic mass is 32.2. The summed E-state index contributed by atoms with van der Waals surface area (Å²) in [6.45, 7) is 0.0584. The molecular formula is C18H15N3O4S. The van der Waals surface area contributed by atoms with Crippen LogP contribution >= 0.6 is 0 Å². The summed E-state index contributed by atoms with van der Waals surface area (Å²) in [6, 6.07) is 17.1. The van der Waals surface area contributed by atoms with Crippen LogP contribution in [0.15, 0.2) is 84.0 Å². The predicted molar refractivity (Wildman–Crippen MR) is 97.1 cm³/mol. The molecule has 2 aromatic carbocycles. The van der Waals surface area contributed by atoms with Crippen molar-refractivity contribution in [1.29, 1.82) is 0 Å². The van der Waals surface area contributed by atoms with Crippen LogP contribution in [0.2, 0.25) is 0 Å². The van der Waals surface area contributed by atoms with Crippen molar-refractivity contribution in [3.8, 4) is 0 Å². The van der Waals surface area contributed by atoms with E-state index in [4.69, 9.17) is 0 Å². The minimum atomic E-state index is -4.01. The number of nitro groups is 1. The smallest absolute Gasteiger partial charge is 0.264 e. The molecule has 1 heterocycles. The number of pyridine rings is 1. The molecule has 3 aromatic rings. The van der Waals surface area contributed by atoms with Gasteiger partial charge in [-0.15, -0.1) is 0 Å². The average Bonchev–Trinajstić information content (AvgIpc) is 2.67. The van der Waals surface area contributed by atoms with Gasteiger partial charge in [-0.3, -0.25) is 19.4 Å². The first kappa shape index (κ1) is 17.6. The van der Waals surface area contributed by atoms with E-state index in [1.54, 1.807) is 54.9 Å². The monoisotopic (exact) mass is 369 g/mol. The number of anilines is 1. The van der Waals surface area contributed by atoms with Gasteiger partial charge in [-0.2, -0.15) is 0 Å². The predicted octanol–water partition coefficient (Wildman–Crippen LogP) is 3.39. The van der Waals surface area contributed by atoms with Gasteiger partial charge < -0.3 is 0 Å². The summed E-state index contributed by atoms with van der Waals surface area (Å²) in [5.74, 6) is 0. The van der Waals surface area contributed by atoms with Crippen LogP contribution in [0.5, 0.6) is 0 Å². The van der Waals surface area contributed by atoms with E-state index >= 15 is 0 Å². The lowest BCUT2D eigenvalue weighted by atomic mass is 10.2. The van der Waals surface area contributed by atoms with Gasteiger partial charge >= 0.3 is 0 Å². The molecule has 0 radical (unpaired) electrons. The fraction of sp³-hybridized carbons (Fsp3) is 0.0556. The second-order valence-corrected chi connectivity index (χ2v) is 7.33. The molecule has 0 fully saturated rings. The van der Waals surface area contributed by atoms with Gasteiger partial charge in [0.1, 0.15) is 0 Å². The minimum absolute atomic E-state index is 0.0584. The maximum Gasteiger partial charge on any atom is 0.270 e. The van der Waals surface area contributed by atoms with Crippen molar-refractivity contribution in [2.75, 3.05) is 4.31 Å². The largest absolute Gasteiger partial charge is 0.270 e. The Morgan fingerprint density at radius 2 is 1.77 bits per heavy atom. The highest BCUT2D eigenvalue weighted by Crippen LogP contribution is 2.27. The molecule has 0 saturated carbocycles. The number of nitro benzene ring substituents is 1. The molecule has 0 aliphatic rings. The first-order valence-corrected chi connectivity index (χ1v) is 9.13. The molecule has 0 saturated heterocycles. The molecule has 0 N–H and O–H groups in total. The second kappa shape index (κ2) is 7.32. The Kier molecular flexibility index (Phi) is 4.94. The van der Waals surface area contributed by atoms with E-state index in [2.05, 4.69) is 4.98 Å². The molecule has 26 heavy (non-hydrogen) atoms. The van der Waals surface area contributed by atoms with Gasteiger partial charge in [0.15, 0.2) is 0 Å². The third kappa shape index (κ3) is 3.70. The van der Waals surface area contributed by atoms with Crippen molar-refractivity contribution in [1.82, 2.24) is 4.98 Å². The molecule has 0 bridgehead atoms. The van der Waals surface area contributed by atoms with Crippen molar-refractivity contribution in [3.05, 3.63) is 94.8 Å². The quantitative estimate of drug-likeness (QED) is 0.490. The number of rotatable bonds is 6. The van der Waals surface area contributed by atoms with Crippen LogP contribution in [0.4, 0.5) is 11.4 Å². The summed E-state index contributed by atoms with van der Waals surface area (Å²) in [4.78, 5) is 14.3. The number of non-ortho nitro benzene ring substituents is 1. The van der Waals surface area contributed by atoms with Gasteiger partial charge in [0.25, 0.3) is 15.7 Å². The number of benzene rings is 2. The summed E-state index contributed by atoms with van der Waals surface area (Å²) in [5, 5.41) is 11.0. The number of hydrogen-bond acceptors (Lipinski definition) is 5. The lowest BCUT2D eigenvalue weighted by molar-refractivity contribution is -0.385. The van der Waals surface area contributed by atoms with Crippen molar-refractivity contribution < 1.29 is 13.3 Å². The summed E-state index contributed by atoms with van der Waals surface area (Å²) in [7, 11) is -4.01. The fourth-order valence-corrected chi connectivity index (χ4v) is 3.94. The van der Waals surface area contributed by atoms with E-state index in [0.29, 0.717) is 11.3 Å². The number of para-hydroxylation sites is 1. The highest BCUT2D eigenvalue weighted by molar-refractivity contribution is 7.92. The molecule has 0 atom stereocenters. The second-order valence-electron chi connectivity index (χ2n) is 5.46. The molecule has 1 aromatic heterocycles. The normalized spacial score (nSPS) is 11.1. The number of nitrogens with zero attached hydrogens (tertiary/aromatic N) is 3. The van der Waals surface area contributed by atoms with Gasteiger partial charge in [-0.25, -0.2) is 8.42 Å². The summed E-state index contributed by atoms with van der Waals surface area (Å²) < 4.78 is 27.6. The molecule has 8 heteroatoms. The van der Waals surface area contributed by atoms with Crippen molar-refractivity contribution >= 4 is 21.4 Å². The zero-order valence-corrected chi connectivity index (χ0v) is 14.4. The summed E-state index contributed by atoms with van der Waals surface area (Å²) in [5.41, 5.74) is 0.883. The van der Waals surface area contributed by atoms with Crippen LogP contribution in [0.1, 0.15) is 5.56 Å². The molecule has 0 unspecified atom stereocenters. The van der Waals surface area contributed by atoms with Gasteiger partial charge in [-0.1, -0.05) is 30.3 Å². The third-order valence-electron chi connectivity index (χ3n) is 3.71. The van der Waals surface area contributed by atoms with Crippen LogP contribution in [0.25, 0.3) is 0 Å². The van der Waals surface area contributed by atoms with Gasteiger partial charge in [0.2, 0.25) is 0 Å². The first-order valence-electron chi connectivity index (χ1n) is 7.69. The lowest BCUT2D eigenvalue weighted by Crippen LogP contribution is -2.30. The molecule has 7 nitrogen and oxygen atoms in total. The highest BCUT2D eigenvalue weighted by Gasteiger charge is 2.26. The molecule has 0 aliphatic carbocycles. The zero-order chi connectivity index (χ0) is 18.6. The maximum atomic E-state index is 13.2. The lowest BCUT2D eigenvalue weighted by Gasteiger charge is -2.24. The summed E-state index contributed by atoms with van der Waals surface area (Å²) >= 11 is 0. The van der Waals surface area contributed by atoms with Crippen LogP contribution in [0, 0.1) is 10.1 Å². The van der Waals surface area contributed by atoms with Crippen molar-refractivity contribution in [3.63, 3.8) is 0 Å². The Labute approximate surface area is 150 Å². The zero-order valence-electron chi connectivity index (χ0n) is 13.6. The van der Waals surface area contributed by atoms with Crippen LogP contribution in [-0.4, -0.2) is 18.3 Å². The minimum Gasteiger partial charge on any atom is -0.264 e. The van der Waals surface area contributed by atoms with Gasteiger partial charge in [0.05, 0.1) is 22.1 Å². The van der Waals surface area contributed by atoms with Crippen LogP contribution < -0.4 is 4.31 Å². The van der Waals surface area contributed by atoms with E-state index < -0.39 is 14.9 Å². The first-order chi connectivity index (χ1) is 12.5. The average molecular weight is 369 g/mol. The van der Waals surface area contributed by atoms with Crippen LogP contribution in [0.3, 0.4) is 0 Å².